The van der Waals surface area contributed by atoms with Crippen molar-refractivity contribution in [3.8, 4) is 6.07 Å². The number of fused-ring (bicyclic) bond motifs is 1. The average Bonchev–Trinajstić information content (AvgIpc) is 2.98. The Kier molecular flexibility index (Phi) is 4.41. The van der Waals surface area contributed by atoms with Crippen LogP contribution in [0.15, 0.2) is 53.9 Å². The number of nitriles is 1. The number of benzene rings is 2. The molecule has 2 aromatic rings. The first-order valence-corrected chi connectivity index (χ1v) is 7.49. The number of carbonyl (C=O) groups is 1. The van der Waals surface area contributed by atoms with Gasteiger partial charge in [-0.3, -0.25) is 4.79 Å². The van der Waals surface area contributed by atoms with Gasteiger partial charge in [0, 0.05) is 0 Å². The fourth-order valence-electron chi connectivity index (χ4n) is 2.29. The van der Waals surface area contributed by atoms with Crippen molar-refractivity contribution in [2.24, 2.45) is 0 Å². The molecular weight excluding hydrogens is 346 g/mol. The second kappa shape index (κ2) is 6.67. The Hall–Kier alpha value is -3.31. The fraction of sp³-hybridized carbons (Fsp3) is 0. The van der Waals surface area contributed by atoms with Crippen LogP contribution in [0.1, 0.15) is 10.4 Å². The van der Waals surface area contributed by atoms with Crippen LogP contribution >= 0.6 is 12.2 Å². The number of halogens is 2. The van der Waals surface area contributed by atoms with Gasteiger partial charge in [-0.2, -0.15) is 5.26 Å². The van der Waals surface area contributed by atoms with Crippen molar-refractivity contribution < 1.29 is 13.6 Å². The number of nitrogens with zero attached hydrogens (tertiary/aromatic N) is 1. The SMILES string of the molecule is N#CC(C(=S)NC(=O)c1c(F)cccc1F)=C1Nc2ccccc2N1. The summed E-state index contributed by atoms with van der Waals surface area (Å²) in [6, 6.07) is 12.1. The smallest absolute Gasteiger partial charge is 0.262 e. The van der Waals surface area contributed by atoms with Gasteiger partial charge < -0.3 is 16.0 Å². The second-order valence-corrected chi connectivity index (χ2v) is 5.45. The van der Waals surface area contributed by atoms with Gasteiger partial charge in [0.15, 0.2) is 0 Å². The third-order valence-corrected chi connectivity index (χ3v) is 3.76. The van der Waals surface area contributed by atoms with E-state index in [9.17, 15) is 18.8 Å². The third kappa shape index (κ3) is 3.18. The van der Waals surface area contributed by atoms with Crippen molar-refractivity contribution in [3.05, 3.63) is 71.1 Å². The first-order chi connectivity index (χ1) is 12.0. The highest BCUT2D eigenvalue weighted by Gasteiger charge is 2.23. The van der Waals surface area contributed by atoms with Gasteiger partial charge in [0.1, 0.15) is 39.6 Å². The zero-order valence-electron chi connectivity index (χ0n) is 12.6. The molecule has 3 rings (SSSR count). The van der Waals surface area contributed by atoms with Gasteiger partial charge in [-0.25, -0.2) is 8.78 Å². The number of amides is 1. The molecular formula is C17H10F2N4OS. The van der Waals surface area contributed by atoms with Gasteiger partial charge in [-0.15, -0.1) is 0 Å². The third-order valence-electron chi connectivity index (χ3n) is 3.45. The number of rotatable bonds is 2. The average molecular weight is 356 g/mol. The molecule has 0 radical (unpaired) electrons. The maximum Gasteiger partial charge on any atom is 0.262 e. The van der Waals surface area contributed by atoms with E-state index in [0.29, 0.717) is 0 Å². The van der Waals surface area contributed by atoms with Gasteiger partial charge in [-0.05, 0) is 24.3 Å². The largest absolute Gasteiger partial charge is 0.339 e. The van der Waals surface area contributed by atoms with Crippen LogP contribution in [-0.4, -0.2) is 10.9 Å². The number of anilines is 2. The first kappa shape index (κ1) is 16.5. The Labute approximate surface area is 147 Å². The normalized spacial score (nSPS) is 11.6. The van der Waals surface area contributed by atoms with E-state index >= 15 is 0 Å². The Morgan fingerprint density at radius 3 is 2.12 bits per heavy atom. The summed E-state index contributed by atoms with van der Waals surface area (Å²) in [5, 5.41) is 17.5. The number of nitrogens with one attached hydrogen (secondary N) is 3. The first-order valence-electron chi connectivity index (χ1n) is 7.08. The molecule has 1 aliphatic rings. The minimum absolute atomic E-state index is 0.0590. The van der Waals surface area contributed by atoms with Gasteiger partial charge >= 0.3 is 0 Å². The zero-order valence-corrected chi connectivity index (χ0v) is 13.4. The van der Waals surface area contributed by atoms with Crippen molar-refractivity contribution >= 4 is 34.5 Å². The number of para-hydroxylation sites is 2. The molecule has 5 nitrogen and oxygen atoms in total. The predicted octanol–water partition coefficient (Wildman–Crippen LogP) is 3.29. The lowest BCUT2D eigenvalue weighted by molar-refractivity contribution is 0.0969. The topological polar surface area (TPSA) is 77.0 Å². The Bertz CT molecular complexity index is 918. The minimum Gasteiger partial charge on any atom is -0.339 e. The molecule has 0 atom stereocenters. The quantitative estimate of drug-likeness (QED) is 0.437. The van der Waals surface area contributed by atoms with Crippen LogP contribution in [0.2, 0.25) is 0 Å². The Morgan fingerprint density at radius 2 is 1.60 bits per heavy atom. The van der Waals surface area contributed by atoms with Gasteiger partial charge in [0.25, 0.3) is 5.91 Å². The van der Waals surface area contributed by atoms with E-state index in [1.54, 1.807) is 12.1 Å². The molecule has 0 bridgehead atoms. The van der Waals surface area contributed by atoms with Crippen LogP contribution in [0, 0.1) is 23.0 Å². The fourth-order valence-corrected chi connectivity index (χ4v) is 2.53. The summed E-state index contributed by atoms with van der Waals surface area (Å²) in [6.07, 6.45) is 0. The maximum atomic E-state index is 13.7. The molecule has 3 N–H and O–H groups in total. The molecule has 0 saturated heterocycles. The maximum absolute atomic E-state index is 13.7. The molecule has 0 aliphatic carbocycles. The van der Waals surface area contributed by atoms with Crippen molar-refractivity contribution in [3.63, 3.8) is 0 Å². The standard InChI is InChI=1S/C17H10F2N4OS/c18-10-4-3-5-11(19)14(10)16(24)23-17(25)9(8-20)15-21-12-6-1-2-7-13(12)22-15/h1-7,21-22H,(H,23,24,25). The number of hydrogen-bond donors (Lipinski definition) is 3. The lowest BCUT2D eigenvalue weighted by atomic mass is 10.1. The molecule has 0 aromatic heterocycles. The van der Waals surface area contributed by atoms with Crippen molar-refractivity contribution in [1.29, 1.82) is 5.26 Å². The number of thiocarbonyl (C=S) groups is 1. The highest BCUT2D eigenvalue weighted by molar-refractivity contribution is 7.80. The van der Waals surface area contributed by atoms with E-state index in [1.807, 2.05) is 18.2 Å². The van der Waals surface area contributed by atoms with Gasteiger partial charge in [0.2, 0.25) is 0 Å². The molecule has 0 saturated carbocycles. The summed E-state index contributed by atoms with van der Waals surface area (Å²) in [5.41, 5.74) is 0.651. The van der Waals surface area contributed by atoms with Gasteiger partial charge in [0.05, 0.1) is 11.4 Å². The summed E-state index contributed by atoms with van der Waals surface area (Å²) in [6.45, 7) is 0. The molecule has 25 heavy (non-hydrogen) atoms. The summed E-state index contributed by atoms with van der Waals surface area (Å²) >= 11 is 5.05. The molecule has 124 valence electrons. The number of carbonyl (C=O) groups excluding carboxylic acids is 1. The Balaban J connectivity index is 1.84. The van der Waals surface area contributed by atoms with Gasteiger partial charge in [-0.1, -0.05) is 30.4 Å². The van der Waals surface area contributed by atoms with Crippen LogP contribution in [0.5, 0.6) is 0 Å². The van der Waals surface area contributed by atoms with Crippen LogP contribution in [-0.2, 0) is 0 Å². The van der Waals surface area contributed by atoms with Crippen molar-refractivity contribution in [2.45, 2.75) is 0 Å². The summed E-state index contributed by atoms with van der Waals surface area (Å²) in [4.78, 5) is 11.8. The molecule has 0 spiro atoms. The number of hydrogen-bond acceptors (Lipinski definition) is 5. The van der Waals surface area contributed by atoms with Crippen LogP contribution in [0.3, 0.4) is 0 Å². The van der Waals surface area contributed by atoms with E-state index in [4.69, 9.17) is 12.2 Å². The lowest BCUT2D eigenvalue weighted by Crippen LogP contribution is -2.32. The predicted molar refractivity (Wildman–Crippen MR) is 92.7 cm³/mol. The highest BCUT2D eigenvalue weighted by Crippen LogP contribution is 2.31. The van der Waals surface area contributed by atoms with E-state index in [-0.39, 0.29) is 16.4 Å². The van der Waals surface area contributed by atoms with Crippen LogP contribution < -0.4 is 16.0 Å². The van der Waals surface area contributed by atoms with Crippen molar-refractivity contribution in [2.75, 3.05) is 10.6 Å². The summed E-state index contributed by atoms with van der Waals surface area (Å²) < 4.78 is 27.3. The lowest BCUT2D eigenvalue weighted by Gasteiger charge is -2.09. The van der Waals surface area contributed by atoms with E-state index in [2.05, 4.69) is 16.0 Å². The molecule has 8 heteroatoms. The van der Waals surface area contributed by atoms with Crippen LogP contribution in [0.25, 0.3) is 0 Å². The molecule has 1 heterocycles. The van der Waals surface area contributed by atoms with E-state index in [0.717, 1.165) is 29.6 Å². The zero-order chi connectivity index (χ0) is 18.0. The summed E-state index contributed by atoms with van der Waals surface area (Å²) in [7, 11) is 0. The molecule has 0 fully saturated rings. The highest BCUT2D eigenvalue weighted by atomic mass is 32.1. The molecule has 2 aromatic carbocycles. The second-order valence-electron chi connectivity index (χ2n) is 5.04. The van der Waals surface area contributed by atoms with Crippen molar-refractivity contribution in [1.82, 2.24) is 5.32 Å². The van der Waals surface area contributed by atoms with E-state index in [1.165, 1.54) is 0 Å². The molecule has 1 amide bonds. The monoisotopic (exact) mass is 356 g/mol. The Morgan fingerprint density at radius 1 is 1.04 bits per heavy atom. The summed E-state index contributed by atoms with van der Waals surface area (Å²) in [5.74, 6) is -2.82. The van der Waals surface area contributed by atoms with Crippen LogP contribution in [0.4, 0.5) is 20.2 Å². The molecule has 1 aliphatic heterocycles. The minimum atomic E-state index is -1.07. The molecule has 0 unspecified atom stereocenters. The van der Waals surface area contributed by atoms with E-state index < -0.39 is 23.1 Å².